The van der Waals surface area contributed by atoms with Gasteiger partial charge in [0.25, 0.3) is 0 Å². The number of fused-ring (bicyclic) bond motifs is 1. The van der Waals surface area contributed by atoms with E-state index in [1.807, 2.05) is 29.6 Å². The number of carbonyl (C=O) groups is 3. The number of anilines is 1. The fraction of sp³-hybridized carbons (Fsp3) is 0.514. The van der Waals surface area contributed by atoms with Gasteiger partial charge in [-0.1, -0.05) is 18.9 Å². The average Bonchev–Trinajstić information content (AvgIpc) is 3.49. The van der Waals surface area contributed by atoms with E-state index >= 15 is 0 Å². The molecular weight excluding hydrogens is 634 g/mol. The normalized spacial score (nSPS) is 23.9. The molecule has 1 saturated heterocycles. The van der Waals surface area contributed by atoms with Crippen molar-refractivity contribution in [2.45, 2.75) is 88.6 Å². The van der Waals surface area contributed by atoms with E-state index in [2.05, 4.69) is 17.2 Å². The SMILES string of the molecule is C=C[C@@H]1C[C@]1(NC(=O)[C@@H]1C[C@@H](Oc2cc(-c3csc(NC4CCCC4)n3)nc3cc(OC)ccc23)CN1C(=O)OC(C)(C)C)C(=O)OC. The third-order valence-corrected chi connectivity index (χ3v) is 9.88. The number of ether oxygens (including phenoxy) is 4. The summed E-state index contributed by atoms with van der Waals surface area (Å²) in [7, 11) is 2.88. The van der Waals surface area contributed by atoms with Crippen LogP contribution in [0, 0.1) is 5.92 Å². The van der Waals surface area contributed by atoms with E-state index in [-0.39, 0.29) is 18.9 Å². The van der Waals surface area contributed by atoms with E-state index in [0.717, 1.165) is 23.4 Å². The molecule has 2 aromatic heterocycles. The van der Waals surface area contributed by atoms with Crippen LogP contribution in [-0.2, 0) is 19.1 Å². The predicted octanol–water partition coefficient (Wildman–Crippen LogP) is 5.71. The monoisotopic (exact) mass is 677 g/mol. The molecule has 1 aromatic carbocycles. The smallest absolute Gasteiger partial charge is 0.411 e. The molecule has 48 heavy (non-hydrogen) atoms. The highest BCUT2D eigenvalue weighted by atomic mass is 32.1. The summed E-state index contributed by atoms with van der Waals surface area (Å²) in [6.45, 7) is 9.17. The van der Waals surface area contributed by atoms with Gasteiger partial charge in [-0.15, -0.1) is 17.9 Å². The number of hydrogen-bond donors (Lipinski definition) is 2. The summed E-state index contributed by atoms with van der Waals surface area (Å²) in [6.07, 6.45) is 5.67. The molecule has 0 bridgehead atoms. The van der Waals surface area contributed by atoms with Crippen molar-refractivity contribution in [3.8, 4) is 22.9 Å². The van der Waals surface area contributed by atoms with Crippen molar-refractivity contribution in [3.63, 3.8) is 0 Å². The Labute approximate surface area is 284 Å². The molecule has 2 saturated carbocycles. The van der Waals surface area contributed by atoms with Crippen LogP contribution in [0.15, 0.2) is 42.3 Å². The summed E-state index contributed by atoms with van der Waals surface area (Å²) < 4.78 is 22.8. The first kappa shape index (κ1) is 33.5. The van der Waals surface area contributed by atoms with Gasteiger partial charge in [0.15, 0.2) is 5.13 Å². The number of esters is 1. The van der Waals surface area contributed by atoms with E-state index in [1.165, 1.54) is 36.2 Å². The fourth-order valence-corrected chi connectivity index (χ4v) is 7.34. The van der Waals surface area contributed by atoms with E-state index in [0.29, 0.717) is 40.9 Å². The first-order chi connectivity index (χ1) is 22.9. The Hall–Kier alpha value is -4.39. The van der Waals surface area contributed by atoms with Gasteiger partial charge in [0, 0.05) is 41.3 Å². The number of carbonyl (C=O) groups excluding carboxylic acids is 3. The number of rotatable bonds is 10. The zero-order valence-electron chi connectivity index (χ0n) is 28.0. The number of nitrogens with one attached hydrogen (secondary N) is 2. The van der Waals surface area contributed by atoms with Crippen LogP contribution in [0.5, 0.6) is 11.5 Å². The molecule has 0 unspecified atom stereocenters. The molecule has 13 heteroatoms. The third-order valence-electron chi connectivity index (χ3n) is 9.11. The standard InChI is InChI=1S/C35H43N5O7S/c1-7-20-17-35(20,31(42)45-6)39-30(41)28-15-23(18-40(28)33(43)47-34(2,3)4)46-29-16-26(37-25-14-22(44-5)12-13-24(25)29)27-19-48-32(38-27)36-21-10-8-9-11-21/h7,12-14,16,19-21,23,28H,1,8-11,15,17-18H2,2-6H3,(H,36,38)(H,39,41)/t20-,23-,28+,35-/m1/s1. The summed E-state index contributed by atoms with van der Waals surface area (Å²) in [5.41, 5.74) is -0.00490. The second-order valence-electron chi connectivity index (χ2n) is 13.7. The van der Waals surface area contributed by atoms with E-state index in [4.69, 9.17) is 28.9 Å². The van der Waals surface area contributed by atoms with Crippen LogP contribution >= 0.6 is 11.3 Å². The van der Waals surface area contributed by atoms with Crippen LogP contribution in [0.2, 0.25) is 0 Å². The zero-order valence-corrected chi connectivity index (χ0v) is 28.9. The summed E-state index contributed by atoms with van der Waals surface area (Å²) in [5, 5.41) is 9.99. The van der Waals surface area contributed by atoms with Crippen LogP contribution in [0.25, 0.3) is 22.3 Å². The number of aromatic nitrogens is 2. The number of benzene rings is 1. The first-order valence-corrected chi connectivity index (χ1v) is 17.2. The molecule has 2 aliphatic carbocycles. The van der Waals surface area contributed by atoms with Crippen LogP contribution in [0.3, 0.4) is 0 Å². The molecule has 6 rings (SSSR count). The molecule has 2 amide bonds. The van der Waals surface area contributed by atoms with Gasteiger partial charge in [-0.3, -0.25) is 9.69 Å². The third kappa shape index (κ3) is 6.92. The minimum atomic E-state index is -1.21. The lowest BCUT2D eigenvalue weighted by molar-refractivity contribution is -0.147. The van der Waals surface area contributed by atoms with Crippen LogP contribution in [0.4, 0.5) is 9.93 Å². The van der Waals surface area contributed by atoms with Crippen molar-refractivity contribution in [1.82, 2.24) is 20.2 Å². The van der Waals surface area contributed by atoms with Crippen molar-refractivity contribution < 1.29 is 33.3 Å². The molecule has 256 valence electrons. The molecule has 3 aromatic rings. The Kier molecular flexibility index (Phi) is 9.25. The van der Waals surface area contributed by atoms with Gasteiger partial charge in [0.05, 0.1) is 32.0 Å². The lowest BCUT2D eigenvalue weighted by Gasteiger charge is -2.28. The Morgan fingerprint density at radius 3 is 2.54 bits per heavy atom. The quantitative estimate of drug-likeness (QED) is 0.202. The highest BCUT2D eigenvalue weighted by Crippen LogP contribution is 2.46. The van der Waals surface area contributed by atoms with Crippen LogP contribution in [-0.4, -0.2) is 82.9 Å². The number of likely N-dealkylation sites (tertiary alicyclic amines) is 1. The molecule has 0 radical (unpaired) electrons. The molecule has 4 atom stereocenters. The highest BCUT2D eigenvalue weighted by Gasteiger charge is 2.62. The first-order valence-electron chi connectivity index (χ1n) is 16.3. The topological polar surface area (TPSA) is 141 Å². The largest absolute Gasteiger partial charge is 0.497 e. The Morgan fingerprint density at radius 2 is 1.88 bits per heavy atom. The molecule has 3 fully saturated rings. The average molecular weight is 678 g/mol. The maximum absolute atomic E-state index is 13.8. The van der Waals surface area contributed by atoms with Crippen LogP contribution in [0.1, 0.15) is 59.3 Å². The number of methoxy groups -OCH3 is 2. The second-order valence-corrected chi connectivity index (χ2v) is 14.5. The van der Waals surface area contributed by atoms with Crippen molar-refractivity contribution in [1.29, 1.82) is 0 Å². The second kappa shape index (κ2) is 13.3. The van der Waals surface area contributed by atoms with Gasteiger partial charge < -0.3 is 29.6 Å². The number of hydrogen-bond acceptors (Lipinski definition) is 11. The Bertz CT molecular complexity index is 1710. The summed E-state index contributed by atoms with van der Waals surface area (Å²) in [4.78, 5) is 51.1. The molecule has 3 aliphatic rings. The maximum atomic E-state index is 13.8. The molecular formula is C35H43N5O7S. The molecule has 2 N–H and O–H groups in total. The van der Waals surface area contributed by atoms with Crippen molar-refractivity contribution in [3.05, 3.63) is 42.3 Å². The van der Waals surface area contributed by atoms with Gasteiger partial charge in [-0.2, -0.15) is 0 Å². The molecule has 1 aliphatic heterocycles. The van der Waals surface area contributed by atoms with Crippen LogP contribution < -0.4 is 20.1 Å². The lowest BCUT2D eigenvalue weighted by Crippen LogP contribution is -2.53. The minimum absolute atomic E-state index is 0.0879. The van der Waals surface area contributed by atoms with Crippen molar-refractivity contribution >= 4 is 45.3 Å². The molecule has 0 spiro atoms. The van der Waals surface area contributed by atoms with E-state index in [1.54, 1.807) is 34.0 Å². The van der Waals surface area contributed by atoms with Crippen molar-refractivity contribution in [2.24, 2.45) is 5.92 Å². The summed E-state index contributed by atoms with van der Waals surface area (Å²) in [6, 6.07) is 6.88. The summed E-state index contributed by atoms with van der Waals surface area (Å²) in [5.74, 6) is -0.130. The molecule has 12 nitrogen and oxygen atoms in total. The lowest BCUT2D eigenvalue weighted by atomic mass is 10.1. The number of amides is 2. The van der Waals surface area contributed by atoms with E-state index < -0.39 is 41.3 Å². The van der Waals surface area contributed by atoms with Crippen molar-refractivity contribution in [2.75, 3.05) is 26.1 Å². The van der Waals surface area contributed by atoms with Gasteiger partial charge in [0.1, 0.15) is 40.5 Å². The highest BCUT2D eigenvalue weighted by molar-refractivity contribution is 7.14. The number of pyridine rings is 1. The Balaban J connectivity index is 1.29. The fourth-order valence-electron chi connectivity index (χ4n) is 6.55. The molecule has 3 heterocycles. The van der Waals surface area contributed by atoms with Gasteiger partial charge in [-0.05, 0) is 52.2 Å². The van der Waals surface area contributed by atoms with Gasteiger partial charge in [-0.25, -0.2) is 19.6 Å². The number of nitrogens with zero attached hydrogens (tertiary/aromatic N) is 3. The summed E-state index contributed by atoms with van der Waals surface area (Å²) >= 11 is 1.54. The Morgan fingerprint density at radius 1 is 1.10 bits per heavy atom. The van der Waals surface area contributed by atoms with Gasteiger partial charge >= 0.3 is 12.1 Å². The number of thiazole rings is 1. The van der Waals surface area contributed by atoms with E-state index in [9.17, 15) is 14.4 Å². The zero-order chi connectivity index (χ0) is 34.2. The predicted molar refractivity (Wildman–Crippen MR) is 182 cm³/mol. The maximum Gasteiger partial charge on any atom is 0.411 e. The minimum Gasteiger partial charge on any atom is -0.497 e. The van der Waals surface area contributed by atoms with Gasteiger partial charge in [0.2, 0.25) is 5.91 Å².